The van der Waals surface area contributed by atoms with Crippen molar-refractivity contribution in [1.29, 1.82) is 0 Å². The maximum Gasteiger partial charge on any atom is 0.439 e. The van der Waals surface area contributed by atoms with E-state index in [1.54, 1.807) is 0 Å². The van der Waals surface area contributed by atoms with E-state index in [1.807, 2.05) is 0 Å². The molecular formula is C8H9FN2O3S. The fourth-order valence-electron chi connectivity index (χ4n) is 1.01. The number of hydrogen-bond acceptors (Lipinski definition) is 3. The fraction of sp³-hybridized carbons (Fsp3) is 0.125. The standard InChI is InChI=1S/C8H9FN2O3S/c1-15(14,11-8(12)13)7-4-5(10)2-3-6(7)9/h2-4H,10H2,1H3,(H,12,13). The van der Waals surface area contributed by atoms with Crippen LogP contribution >= 0.6 is 0 Å². The molecule has 3 N–H and O–H groups in total. The van der Waals surface area contributed by atoms with Gasteiger partial charge in [-0.3, -0.25) is 0 Å². The van der Waals surface area contributed by atoms with E-state index in [9.17, 15) is 13.4 Å². The van der Waals surface area contributed by atoms with Crippen LogP contribution in [0.3, 0.4) is 0 Å². The molecule has 1 atom stereocenters. The Morgan fingerprint density at radius 2 is 2.20 bits per heavy atom. The highest BCUT2D eigenvalue weighted by Gasteiger charge is 2.14. The highest BCUT2D eigenvalue weighted by molar-refractivity contribution is 7.93. The van der Waals surface area contributed by atoms with Crippen molar-refractivity contribution in [3.05, 3.63) is 24.0 Å². The maximum absolute atomic E-state index is 13.2. The molecule has 7 heteroatoms. The van der Waals surface area contributed by atoms with Crippen molar-refractivity contribution >= 4 is 21.5 Å². The zero-order valence-electron chi connectivity index (χ0n) is 7.81. The number of carbonyl (C=O) groups is 1. The first-order valence-electron chi connectivity index (χ1n) is 3.83. The summed E-state index contributed by atoms with van der Waals surface area (Å²) < 4.78 is 27.9. The predicted molar refractivity (Wildman–Crippen MR) is 53.6 cm³/mol. The van der Waals surface area contributed by atoms with Crippen molar-refractivity contribution in [1.82, 2.24) is 0 Å². The lowest BCUT2D eigenvalue weighted by molar-refractivity contribution is 0.206. The number of amides is 1. The molecular weight excluding hydrogens is 223 g/mol. The van der Waals surface area contributed by atoms with Crippen molar-refractivity contribution in [3.8, 4) is 0 Å². The van der Waals surface area contributed by atoms with Crippen LogP contribution in [0.5, 0.6) is 0 Å². The average Bonchev–Trinajstić information content (AvgIpc) is 2.06. The SMILES string of the molecule is CS(=O)(=NC(=O)O)c1cc(N)ccc1F. The highest BCUT2D eigenvalue weighted by atomic mass is 32.2. The summed E-state index contributed by atoms with van der Waals surface area (Å²) >= 11 is 0. The van der Waals surface area contributed by atoms with Crippen LogP contribution in [0.1, 0.15) is 0 Å². The summed E-state index contributed by atoms with van der Waals surface area (Å²) in [5.74, 6) is -0.790. The number of halogens is 1. The maximum atomic E-state index is 13.2. The van der Waals surface area contributed by atoms with Gasteiger partial charge in [-0.1, -0.05) is 0 Å². The number of hydrogen-bond donors (Lipinski definition) is 2. The number of carboxylic acid groups (broad SMARTS) is 1. The summed E-state index contributed by atoms with van der Waals surface area (Å²) in [4.78, 5) is 9.98. The Bertz CT molecular complexity index is 521. The highest BCUT2D eigenvalue weighted by Crippen LogP contribution is 2.19. The van der Waals surface area contributed by atoms with Gasteiger partial charge < -0.3 is 10.8 Å². The molecule has 0 bridgehead atoms. The molecule has 0 aliphatic rings. The Balaban J connectivity index is 3.46. The summed E-state index contributed by atoms with van der Waals surface area (Å²) in [6.07, 6.45) is -0.566. The summed E-state index contributed by atoms with van der Waals surface area (Å²) in [7, 11) is -3.29. The van der Waals surface area contributed by atoms with Crippen LogP contribution in [0.2, 0.25) is 0 Å². The molecule has 1 aromatic carbocycles. The number of anilines is 1. The van der Waals surface area contributed by atoms with Gasteiger partial charge >= 0.3 is 6.09 Å². The smallest absolute Gasteiger partial charge is 0.439 e. The molecule has 0 aliphatic heterocycles. The minimum absolute atomic E-state index is 0.196. The van der Waals surface area contributed by atoms with Crippen LogP contribution in [0.25, 0.3) is 0 Å². The first kappa shape index (κ1) is 11.4. The Labute approximate surface area is 85.9 Å². The van der Waals surface area contributed by atoms with E-state index in [0.29, 0.717) is 0 Å². The molecule has 0 radical (unpaired) electrons. The van der Waals surface area contributed by atoms with Gasteiger partial charge in [0.15, 0.2) is 0 Å². The lowest BCUT2D eigenvalue weighted by atomic mass is 10.3. The first-order valence-corrected chi connectivity index (χ1v) is 5.75. The van der Waals surface area contributed by atoms with Crippen LogP contribution in [-0.4, -0.2) is 21.7 Å². The van der Waals surface area contributed by atoms with Gasteiger partial charge in [0.05, 0.1) is 14.6 Å². The monoisotopic (exact) mass is 232 g/mol. The molecule has 0 saturated heterocycles. The van der Waals surface area contributed by atoms with Crippen LogP contribution in [-0.2, 0) is 9.73 Å². The van der Waals surface area contributed by atoms with E-state index in [4.69, 9.17) is 10.8 Å². The number of nitrogens with two attached hydrogens (primary N) is 1. The van der Waals surface area contributed by atoms with E-state index in [2.05, 4.69) is 4.36 Å². The van der Waals surface area contributed by atoms with E-state index >= 15 is 0 Å². The topological polar surface area (TPSA) is 92.8 Å². The van der Waals surface area contributed by atoms with E-state index < -0.39 is 21.6 Å². The molecule has 0 spiro atoms. The molecule has 0 aliphatic carbocycles. The Morgan fingerprint density at radius 3 is 2.73 bits per heavy atom. The zero-order chi connectivity index (χ0) is 11.6. The summed E-state index contributed by atoms with van der Waals surface area (Å²) in [5, 5.41) is 8.37. The third-order valence-corrected chi connectivity index (χ3v) is 3.25. The van der Waals surface area contributed by atoms with Gasteiger partial charge in [0.2, 0.25) is 0 Å². The quantitative estimate of drug-likeness (QED) is 0.718. The summed E-state index contributed by atoms with van der Waals surface area (Å²) in [6.45, 7) is 0. The molecule has 1 aromatic rings. The second kappa shape index (κ2) is 3.85. The molecule has 1 unspecified atom stereocenters. The normalized spacial score (nSPS) is 14.3. The second-order valence-corrected chi connectivity index (χ2v) is 5.09. The number of nitrogen functional groups attached to an aromatic ring is 1. The molecule has 82 valence electrons. The number of nitrogens with zero attached hydrogens (tertiary/aromatic N) is 1. The van der Waals surface area contributed by atoms with E-state index in [0.717, 1.165) is 18.4 Å². The Hall–Kier alpha value is -1.63. The van der Waals surface area contributed by atoms with Crippen molar-refractivity contribution in [2.24, 2.45) is 4.36 Å². The molecule has 0 aromatic heterocycles. The lowest BCUT2D eigenvalue weighted by Crippen LogP contribution is -2.04. The average molecular weight is 232 g/mol. The van der Waals surface area contributed by atoms with Crippen molar-refractivity contribution in [3.63, 3.8) is 0 Å². The Kier molecular flexibility index (Phi) is 2.94. The fourth-order valence-corrected chi connectivity index (χ4v) is 2.19. The molecule has 1 rings (SSSR count). The van der Waals surface area contributed by atoms with Gasteiger partial charge in [0.25, 0.3) is 0 Å². The summed E-state index contributed by atoms with van der Waals surface area (Å²) in [5.41, 5.74) is 5.57. The van der Waals surface area contributed by atoms with Gasteiger partial charge in [0.1, 0.15) is 5.82 Å². The molecule has 0 fully saturated rings. The molecule has 15 heavy (non-hydrogen) atoms. The van der Waals surface area contributed by atoms with Crippen LogP contribution < -0.4 is 5.73 Å². The molecule has 1 amide bonds. The van der Waals surface area contributed by atoms with Gasteiger partial charge in [-0.05, 0) is 18.2 Å². The minimum Gasteiger partial charge on any atom is -0.463 e. The van der Waals surface area contributed by atoms with Crippen molar-refractivity contribution in [2.45, 2.75) is 4.90 Å². The Morgan fingerprint density at radius 1 is 1.60 bits per heavy atom. The third-order valence-electron chi connectivity index (χ3n) is 1.62. The summed E-state index contributed by atoms with van der Waals surface area (Å²) in [6, 6.07) is 3.42. The second-order valence-electron chi connectivity index (χ2n) is 2.87. The predicted octanol–water partition coefficient (Wildman–Crippen LogP) is 1.54. The minimum atomic E-state index is -3.29. The molecule has 0 saturated carbocycles. The number of benzene rings is 1. The first-order chi connectivity index (χ1) is 6.83. The van der Waals surface area contributed by atoms with Crippen molar-refractivity contribution in [2.75, 3.05) is 12.0 Å². The van der Waals surface area contributed by atoms with Crippen molar-refractivity contribution < 1.29 is 18.5 Å². The number of rotatable bonds is 1. The van der Waals surface area contributed by atoms with Gasteiger partial charge in [-0.15, -0.1) is 4.36 Å². The van der Waals surface area contributed by atoms with Gasteiger partial charge in [-0.2, -0.15) is 0 Å². The van der Waals surface area contributed by atoms with Crippen LogP contribution in [0.4, 0.5) is 14.9 Å². The van der Waals surface area contributed by atoms with Crippen LogP contribution in [0.15, 0.2) is 27.5 Å². The van der Waals surface area contributed by atoms with E-state index in [-0.39, 0.29) is 10.6 Å². The van der Waals surface area contributed by atoms with E-state index in [1.165, 1.54) is 6.07 Å². The third kappa shape index (κ3) is 2.66. The zero-order valence-corrected chi connectivity index (χ0v) is 8.62. The van der Waals surface area contributed by atoms with Gasteiger partial charge in [0, 0.05) is 11.9 Å². The van der Waals surface area contributed by atoms with Crippen LogP contribution in [0, 0.1) is 5.82 Å². The van der Waals surface area contributed by atoms with Gasteiger partial charge in [-0.25, -0.2) is 13.4 Å². The molecule has 0 heterocycles. The molecule has 5 nitrogen and oxygen atoms in total. The lowest BCUT2D eigenvalue weighted by Gasteiger charge is -2.05. The largest absolute Gasteiger partial charge is 0.463 e.